The Kier molecular flexibility index (Phi) is 11.4. The van der Waals surface area contributed by atoms with E-state index >= 15 is 0 Å². The average molecular weight is 755 g/mol. The van der Waals surface area contributed by atoms with Crippen LogP contribution in [-0.4, -0.2) is 104 Å². The molecule has 2 aliphatic carbocycles. The lowest BCUT2D eigenvalue weighted by molar-refractivity contribution is -0.140. The molecule has 5 unspecified atom stereocenters. The molecule has 5 amide bonds. The number of methoxy groups -OCH3 is 1. The number of aromatic nitrogens is 1. The highest BCUT2D eigenvalue weighted by atomic mass is 32.2. The standard InChI is InChI=1S/C36H46N6O10S/c1-7-22-17-36(22,33(46)41-53(48,49)25-10-11-25)20-39-30(44)28-16-24(51-31-26-12-9-23(50-6)15-21(26)13-14-37-31)19-42(28)32(45)27(18-38-29(43)8-2)40-34(47)52-35(3,4)5/h7-9,12-15,22,24-25,27-28H,1-2,10-11,16-20H2,3-6H3,(H,38,43)(H,39,44)(H,40,47)(H,41,46). The fourth-order valence-corrected chi connectivity index (χ4v) is 7.63. The molecule has 1 aromatic carbocycles. The van der Waals surface area contributed by atoms with Crippen molar-refractivity contribution in [1.29, 1.82) is 0 Å². The molecule has 17 heteroatoms. The van der Waals surface area contributed by atoms with Crippen molar-refractivity contribution in [3.05, 3.63) is 55.8 Å². The zero-order valence-electron chi connectivity index (χ0n) is 30.2. The number of carbonyl (C=O) groups excluding carboxylic acids is 5. The molecule has 1 saturated heterocycles. The Hall–Kier alpha value is -5.19. The molecule has 0 radical (unpaired) electrons. The number of carbonyl (C=O) groups is 5. The number of amides is 5. The molecule has 2 heterocycles. The van der Waals surface area contributed by atoms with E-state index < -0.39 is 74.2 Å². The van der Waals surface area contributed by atoms with E-state index in [-0.39, 0.29) is 44.3 Å². The molecule has 2 saturated carbocycles. The van der Waals surface area contributed by atoms with E-state index in [2.05, 4.69) is 38.8 Å². The summed E-state index contributed by atoms with van der Waals surface area (Å²) >= 11 is 0. The van der Waals surface area contributed by atoms with Crippen molar-refractivity contribution in [3.63, 3.8) is 0 Å². The fourth-order valence-electron chi connectivity index (χ4n) is 6.25. The normalized spacial score (nSPS) is 22.9. The Balaban J connectivity index is 1.40. The molecule has 0 bridgehead atoms. The maximum atomic E-state index is 14.3. The van der Waals surface area contributed by atoms with Crippen LogP contribution < -0.4 is 30.1 Å². The van der Waals surface area contributed by atoms with E-state index in [1.54, 1.807) is 58.4 Å². The van der Waals surface area contributed by atoms with E-state index in [9.17, 15) is 32.4 Å². The van der Waals surface area contributed by atoms with E-state index in [1.807, 2.05) is 6.07 Å². The lowest BCUT2D eigenvalue weighted by atomic mass is 10.0. The summed E-state index contributed by atoms with van der Waals surface area (Å²) in [7, 11) is -2.30. The summed E-state index contributed by atoms with van der Waals surface area (Å²) in [6.45, 7) is 11.4. The number of benzene rings is 1. The number of likely N-dealkylation sites (tertiary alicyclic amines) is 1. The maximum absolute atomic E-state index is 14.3. The van der Waals surface area contributed by atoms with Crippen molar-refractivity contribution in [2.24, 2.45) is 11.3 Å². The van der Waals surface area contributed by atoms with E-state index in [1.165, 1.54) is 4.90 Å². The van der Waals surface area contributed by atoms with Gasteiger partial charge in [0.1, 0.15) is 29.5 Å². The molecular weight excluding hydrogens is 708 g/mol. The second-order valence-electron chi connectivity index (χ2n) is 14.4. The van der Waals surface area contributed by atoms with Crippen molar-refractivity contribution in [2.75, 3.05) is 26.7 Å². The van der Waals surface area contributed by atoms with Crippen LogP contribution in [0.4, 0.5) is 4.79 Å². The molecule has 5 atom stereocenters. The third kappa shape index (κ3) is 9.25. The number of allylic oxidation sites excluding steroid dienone is 1. The Bertz CT molecular complexity index is 1910. The van der Waals surface area contributed by atoms with Gasteiger partial charge < -0.3 is 35.1 Å². The summed E-state index contributed by atoms with van der Waals surface area (Å²) in [4.78, 5) is 72.1. The summed E-state index contributed by atoms with van der Waals surface area (Å²) in [5, 5.41) is 8.60. The van der Waals surface area contributed by atoms with Crippen LogP contribution in [0.1, 0.15) is 46.5 Å². The minimum Gasteiger partial charge on any atom is -0.497 e. The average Bonchev–Trinajstić information content (AvgIpc) is 4.04. The van der Waals surface area contributed by atoms with Gasteiger partial charge in [-0.1, -0.05) is 12.7 Å². The SMILES string of the molecule is C=CC(=O)NCC(NC(=O)OC(C)(C)C)C(=O)N1CC(Oc2nccc3cc(OC)ccc23)CC1C(=O)NCC1(C(=O)NS(=O)(=O)C2CC2)CC1C=C. The number of sulfonamides is 1. The minimum atomic E-state index is -3.85. The summed E-state index contributed by atoms with van der Waals surface area (Å²) in [6.07, 6.45) is 3.62. The molecule has 2 aromatic rings. The van der Waals surface area contributed by atoms with Gasteiger partial charge in [-0.3, -0.25) is 23.9 Å². The third-order valence-electron chi connectivity index (χ3n) is 9.36. The predicted octanol–water partition coefficient (Wildman–Crippen LogP) is 1.70. The van der Waals surface area contributed by atoms with Crippen LogP contribution in [0, 0.1) is 11.3 Å². The molecule has 0 spiro atoms. The van der Waals surface area contributed by atoms with Crippen molar-refractivity contribution in [3.8, 4) is 11.6 Å². The Morgan fingerprint density at radius 2 is 1.85 bits per heavy atom. The maximum Gasteiger partial charge on any atom is 0.408 e. The quantitative estimate of drug-likeness (QED) is 0.152. The van der Waals surface area contributed by atoms with Crippen molar-refractivity contribution in [2.45, 2.75) is 75.5 Å². The number of ether oxygens (including phenoxy) is 3. The number of hydrogen-bond donors (Lipinski definition) is 4. The molecule has 3 fully saturated rings. The number of hydrogen-bond acceptors (Lipinski definition) is 11. The van der Waals surface area contributed by atoms with Crippen molar-refractivity contribution in [1.82, 2.24) is 30.6 Å². The molecule has 53 heavy (non-hydrogen) atoms. The molecule has 5 rings (SSSR count). The summed E-state index contributed by atoms with van der Waals surface area (Å²) in [5.74, 6) is -2.20. The Labute approximate surface area is 308 Å². The summed E-state index contributed by atoms with van der Waals surface area (Å²) in [6, 6.07) is 4.58. The molecule has 1 aliphatic heterocycles. The van der Waals surface area contributed by atoms with Crippen LogP contribution >= 0.6 is 0 Å². The third-order valence-corrected chi connectivity index (χ3v) is 11.2. The number of alkyl carbamates (subject to hydrolysis) is 1. The number of pyridine rings is 1. The molecule has 286 valence electrons. The van der Waals surface area contributed by atoms with Crippen LogP contribution in [-0.2, 0) is 33.9 Å². The highest BCUT2D eigenvalue weighted by molar-refractivity contribution is 7.90. The fraction of sp³-hybridized carbons (Fsp3) is 0.500. The van der Waals surface area contributed by atoms with Gasteiger partial charge in [0, 0.05) is 31.1 Å². The highest BCUT2D eigenvalue weighted by Gasteiger charge is 2.60. The lowest BCUT2D eigenvalue weighted by Crippen LogP contribution is -2.57. The molecule has 3 aliphatic rings. The number of rotatable bonds is 15. The monoisotopic (exact) mass is 754 g/mol. The van der Waals surface area contributed by atoms with E-state index in [0.717, 1.165) is 11.5 Å². The van der Waals surface area contributed by atoms with Gasteiger partial charge in [0.05, 0.1) is 24.3 Å². The lowest BCUT2D eigenvalue weighted by Gasteiger charge is -2.29. The van der Waals surface area contributed by atoms with E-state index in [0.29, 0.717) is 24.0 Å². The van der Waals surface area contributed by atoms with Gasteiger partial charge in [-0.2, -0.15) is 0 Å². The Morgan fingerprint density at radius 3 is 2.47 bits per heavy atom. The van der Waals surface area contributed by atoms with Crippen LogP contribution in [0.3, 0.4) is 0 Å². The van der Waals surface area contributed by atoms with Gasteiger partial charge in [0.2, 0.25) is 39.5 Å². The van der Waals surface area contributed by atoms with Gasteiger partial charge >= 0.3 is 6.09 Å². The Morgan fingerprint density at radius 1 is 1.11 bits per heavy atom. The smallest absolute Gasteiger partial charge is 0.408 e. The molecule has 16 nitrogen and oxygen atoms in total. The van der Waals surface area contributed by atoms with Crippen LogP contribution in [0.5, 0.6) is 11.6 Å². The van der Waals surface area contributed by atoms with Gasteiger partial charge in [-0.05, 0) is 81.7 Å². The molecular formula is C36H46N6O10S. The highest BCUT2D eigenvalue weighted by Crippen LogP contribution is 2.53. The number of nitrogens with one attached hydrogen (secondary N) is 4. The second kappa shape index (κ2) is 15.4. The van der Waals surface area contributed by atoms with Crippen LogP contribution in [0.15, 0.2) is 55.8 Å². The first-order valence-electron chi connectivity index (χ1n) is 17.3. The van der Waals surface area contributed by atoms with Gasteiger partial charge in [0.15, 0.2) is 0 Å². The van der Waals surface area contributed by atoms with E-state index in [4.69, 9.17) is 14.2 Å². The molecule has 4 N–H and O–H groups in total. The summed E-state index contributed by atoms with van der Waals surface area (Å²) < 4.78 is 44.4. The summed E-state index contributed by atoms with van der Waals surface area (Å²) in [5.41, 5.74) is -2.15. The first kappa shape index (κ1) is 39.0. The zero-order valence-corrected chi connectivity index (χ0v) is 31.0. The van der Waals surface area contributed by atoms with Gasteiger partial charge in [-0.25, -0.2) is 18.2 Å². The predicted molar refractivity (Wildman–Crippen MR) is 193 cm³/mol. The van der Waals surface area contributed by atoms with Crippen molar-refractivity contribution >= 4 is 50.5 Å². The first-order valence-corrected chi connectivity index (χ1v) is 18.8. The van der Waals surface area contributed by atoms with Gasteiger partial charge in [-0.15, -0.1) is 6.58 Å². The minimum absolute atomic E-state index is 0.00981. The van der Waals surface area contributed by atoms with Crippen LogP contribution in [0.25, 0.3) is 10.8 Å². The van der Waals surface area contributed by atoms with Gasteiger partial charge in [0.25, 0.3) is 0 Å². The largest absolute Gasteiger partial charge is 0.497 e. The van der Waals surface area contributed by atoms with Crippen molar-refractivity contribution < 1.29 is 46.6 Å². The second-order valence-corrected chi connectivity index (χ2v) is 16.4. The molecule has 1 aromatic heterocycles. The number of fused-ring (bicyclic) bond motifs is 1. The topological polar surface area (TPSA) is 211 Å². The number of nitrogens with zero attached hydrogens (tertiary/aromatic N) is 2. The van der Waals surface area contributed by atoms with Crippen LogP contribution in [0.2, 0.25) is 0 Å². The zero-order chi connectivity index (χ0) is 38.7. The first-order chi connectivity index (χ1) is 25.0.